The smallest absolute Gasteiger partial charge is 0.324 e. The summed E-state index contributed by atoms with van der Waals surface area (Å²) < 4.78 is 0. The number of carboxylic acid groups (broad SMARTS) is 1. The fourth-order valence-corrected chi connectivity index (χ4v) is 3.15. The highest BCUT2D eigenvalue weighted by molar-refractivity contribution is 7.09. The Morgan fingerprint density at radius 3 is 2.60 bits per heavy atom. The van der Waals surface area contributed by atoms with Gasteiger partial charge in [-0.05, 0) is 17.9 Å². The highest BCUT2D eigenvalue weighted by atomic mass is 32.1. The minimum absolute atomic E-state index is 0.325. The third-order valence-electron chi connectivity index (χ3n) is 3.64. The van der Waals surface area contributed by atoms with Gasteiger partial charge in [-0.15, -0.1) is 11.3 Å². The van der Waals surface area contributed by atoms with Crippen molar-refractivity contribution in [3.8, 4) is 6.07 Å². The second kappa shape index (κ2) is 8.76. The Morgan fingerprint density at radius 1 is 1.35 bits per heavy atom. The van der Waals surface area contributed by atoms with Gasteiger partial charge in [0.2, 0.25) is 0 Å². The van der Waals surface area contributed by atoms with E-state index < -0.39 is 11.4 Å². The maximum Gasteiger partial charge on any atom is 0.324 e. The van der Waals surface area contributed by atoms with Crippen LogP contribution in [0.1, 0.15) is 56.7 Å². The van der Waals surface area contributed by atoms with Crippen molar-refractivity contribution in [1.82, 2.24) is 0 Å². The van der Waals surface area contributed by atoms with Gasteiger partial charge >= 0.3 is 5.97 Å². The van der Waals surface area contributed by atoms with Gasteiger partial charge in [-0.25, -0.2) is 0 Å². The largest absolute Gasteiger partial charge is 0.480 e. The number of hydrogen-bond acceptors (Lipinski definition) is 3. The molecular formula is C16H23NO2S. The summed E-state index contributed by atoms with van der Waals surface area (Å²) >= 11 is 1.52. The lowest BCUT2D eigenvalue weighted by atomic mass is 9.80. The van der Waals surface area contributed by atoms with Crippen LogP contribution in [0.5, 0.6) is 0 Å². The summed E-state index contributed by atoms with van der Waals surface area (Å²) in [5, 5.41) is 20.7. The molecule has 1 rings (SSSR count). The summed E-state index contributed by atoms with van der Waals surface area (Å²) in [5.41, 5.74) is -1.25. The molecule has 0 aromatic carbocycles. The summed E-state index contributed by atoms with van der Waals surface area (Å²) in [6.07, 6.45) is 7.37. The van der Waals surface area contributed by atoms with Crippen molar-refractivity contribution >= 4 is 17.3 Å². The summed E-state index contributed by atoms with van der Waals surface area (Å²) in [6, 6.07) is 5.86. The number of carboxylic acids is 1. The molecule has 0 aliphatic heterocycles. The lowest BCUT2D eigenvalue weighted by Crippen LogP contribution is -2.31. The first-order valence-corrected chi connectivity index (χ1v) is 8.19. The van der Waals surface area contributed by atoms with Crippen molar-refractivity contribution < 1.29 is 9.90 Å². The normalized spacial score (nSPS) is 13.6. The molecule has 0 aliphatic carbocycles. The Bertz CT molecular complexity index is 436. The molecule has 4 heteroatoms. The van der Waals surface area contributed by atoms with Gasteiger partial charge in [0.15, 0.2) is 5.41 Å². The van der Waals surface area contributed by atoms with Crippen LogP contribution < -0.4 is 0 Å². The maximum absolute atomic E-state index is 11.5. The predicted molar refractivity (Wildman–Crippen MR) is 81.7 cm³/mol. The van der Waals surface area contributed by atoms with E-state index in [1.807, 2.05) is 17.5 Å². The first-order chi connectivity index (χ1) is 9.64. The van der Waals surface area contributed by atoms with Crippen LogP contribution in [0.3, 0.4) is 0 Å². The molecule has 0 spiro atoms. The molecule has 0 bridgehead atoms. The van der Waals surface area contributed by atoms with E-state index in [0.29, 0.717) is 12.8 Å². The van der Waals surface area contributed by atoms with Crippen LogP contribution in [0, 0.1) is 16.7 Å². The van der Waals surface area contributed by atoms with Crippen molar-refractivity contribution in [1.29, 1.82) is 5.26 Å². The van der Waals surface area contributed by atoms with Gasteiger partial charge in [0.05, 0.1) is 6.07 Å². The molecule has 0 saturated carbocycles. The van der Waals surface area contributed by atoms with Gasteiger partial charge < -0.3 is 5.11 Å². The molecular weight excluding hydrogens is 270 g/mol. The molecule has 0 amide bonds. The van der Waals surface area contributed by atoms with Crippen molar-refractivity contribution in [3.63, 3.8) is 0 Å². The standard InChI is InChI=1S/C16H23NO2S/c1-2-3-4-5-6-7-10-16(13-17,15(18)19)12-14-9-8-11-20-14/h8-9,11H,2-7,10,12H2,1H3,(H,18,19). The second-order valence-electron chi connectivity index (χ2n) is 5.27. The van der Waals surface area contributed by atoms with Gasteiger partial charge in [0.1, 0.15) is 0 Å². The molecule has 1 aromatic heterocycles. The number of unbranched alkanes of at least 4 members (excludes halogenated alkanes) is 5. The number of nitrogens with zero attached hydrogens (tertiary/aromatic N) is 1. The van der Waals surface area contributed by atoms with E-state index in [-0.39, 0.29) is 0 Å². The van der Waals surface area contributed by atoms with E-state index in [9.17, 15) is 15.2 Å². The third kappa shape index (κ3) is 4.97. The monoisotopic (exact) mass is 293 g/mol. The first kappa shape index (κ1) is 16.7. The highest BCUT2D eigenvalue weighted by Gasteiger charge is 2.38. The zero-order valence-corrected chi connectivity index (χ0v) is 12.9. The third-order valence-corrected chi connectivity index (χ3v) is 4.51. The van der Waals surface area contributed by atoms with Crippen molar-refractivity contribution in [2.45, 2.75) is 58.3 Å². The molecule has 3 nitrogen and oxygen atoms in total. The van der Waals surface area contributed by atoms with E-state index in [1.165, 1.54) is 30.6 Å². The first-order valence-electron chi connectivity index (χ1n) is 7.31. The Hall–Kier alpha value is -1.34. The summed E-state index contributed by atoms with van der Waals surface area (Å²) in [4.78, 5) is 12.5. The average molecular weight is 293 g/mol. The molecule has 0 aliphatic rings. The van der Waals surface area contributed by atoms with Crippen LogP contribution in [-0.4, -0.2) is 11.1 Å². The van der Waals surface area contributed by atoms with Gasteiger partial charge in [0.25, 0.3) is 0 Å². The van der Waals surface area contributed by atoms with Crippen LogP contribution in [0.25, 0.3) is 0 Å². The average Bonchev–Trinajstić information content (AvgIpc) is 2.93. The zero-order chi connectivity index (χ0) is 14.8. The molecule has 1 N–H and O–H groups in total. The van der Waals surface area contributed by atoms with E-state index in [0.717, 1.165) is 24.1 Å². The van der Waals surface area contributed by atoms with E-state index in [2.05, 4.69) is 13.0 Å². The summed E-state index contributed by atoms with van der Waals surface area (Å²) in [5.74, 6) is -0.984. The number of hydrogen-bond donors (Lipinski definition) is 1. The van der Waals surface area contributed by atoms with Crippen LogP contribution in [-0.2, 0) is 11.2 Å². The Morgan fingerprint density at radius 2 is 2.05 bits per heavy atom. The molecule has 0 fully saturated rings. The number of carbonyl (C=O) groups is 1. The molecule has 20 heavy (non-hydrogen) atoms. The van der Waals surface area contributed by atoms with Gasteiger partial charge in [-0.3, -0.25) is 4.79 Å². The molecule has 0 radical (unpaired) electrons. The zero-order valence-electron chi connectivity index (χ0n) is 12.1. The van der Waals surface area contributed by atoms with E-state index in [1.54, 1.807) is 0 Å². The number of nitriles is 1. The van der Waals surface area contributed by atoms with Crippen LogP contribution in [0.4, 0.5) is 0 Å². The molecule has 1 aromatic rings. The minimum atomic E-state index is -1.25. The number of thiophene rings is 1. The summed E-state index contributed by atoms with van der Waals surface area (Å²) in [6.45, 7) is 2.17. The van der Waals surface area contributed by atoms with Crippen LogP contribution in [0.2, 0.25) is 0 Å². The van der Waals surface area contributed by atoms with Crippen molar-refractivity contribution in [2.24, 2.45) is 5.41 Å². The Kier molecular flexibility index (Phi) is 7.32. The molecule has 1 atom stereocenters. The number of rotatable bonds is 10. The quantitative estimate of drug-likeness (QED) is 0.639. The molecule has 1 heterocycles. The Labute approximate surface area is 125 Å². The fourth-order valence-electron chi connectivity index (χ4n) is 2.33. The fraction of sp³-hybridized carbons (Fsp3) is 0.625. The van der Waals surface area contributed by atoms with Gasteiger partial charge in [-0.2, -0.15) is 5.26 Å². The molecule has 1 unspecified atom stereocenters. The molecule has 110 valence electrons. The van der Waals surface area contributed by atoms with Crippen molar-refractivity contribution in [2.75, 3.05) is 0 Å². The van der Waals surface area contributed by atoms with Gasteiger partial charge in [-0.1, -0.05) is 51.5 Å². The maximum atomic E-state index is 11.5. The summed E-state index contributed by atoms with van der Waals surface area (Å²) in [7, 11) is 0. The van der Waals surface area contributed by atoms with E-state index in [4.69, 9.17) is 0 Å². The van der Waals surface area contributed by atoms with Crippen LogP contribution in [0.15, 0.2) is 17.5 Å². The van der Waals surface area contributed by atoms with Gasteiger partial charge in [0, 0.05) is 11.3 Å². The van der Waals surface area contributed by atoms with Crippen LogP contribution >= 0.6 is 11.3 Å². The Balaban J connectivity index is 2.52. The van der Waals surface area contributed by atoms with Crippen molar-refractivity contribution in [3.05, 3.63) is 22.4 Å². The predicted octanol–water partition coefficient (Wildman–Crippen LogP) is 4.64. The molecule has 0 saturated heterocycles. The minimum Gasteiger partial charge on any atom is -0.480 e. The SMILES string of the molecule is CCCCCCCCC(C#N)(Cc1cccs1)C(=O)O. The lowest BCUT2D eigenvalue weighted by Gasteiger charge is -2.21. The lowest BCUT2D eigenvalue weighted by molar-refractivity contribution is -0.145. The second-order valence-corrected chi connectivity index (χ2v) is 6.31. The highest BCUT2D eigenvalue weighted by Crippen LogP contribution is 2.31. The topological polar surface area (TPSA) is 61.1 Å². The number of aliphatic carboxylic acids is 1. The van der Waals surface area contributed by atoms with E-state index >= 15 is 0 Å².